The Bertz CT molecular complexity index is 1780. The van der Waals surface area contributed by atoms with Crippen molar-refractivity contribution in [3.63, 3.8) is 0 Å². The van der Waals surface area contributed by atoms with Crippen LogP contribution in [0, 0.1) is 49.5 Å². The van der Waals surface area contributed by atoms with Gasteiger partial charge in [0, 0.05) is 0 Å². The van der Waals surface area contributed by atoms with E-state index in [0.29, 0.717) is 11.3 Å². The molecule has 2 aliphatic carbocycles. The van der Waals surface area contributed by atoms with Crippen molar-refractivity contribution in [1.29, 1.82) is 0 Å². The average molecular weight is 899 g/mol. The van der Waals surface area contributed by atoms with Crippen LogP contribution >= 0.6 is 24.8 Å². The summed E-state index contributed by atoms with van der Waals surface area (Å²) in [5.41, 5.74) is 16.3. The summed E-state index contributed by atoms with van der Waals surface area (Å²) in [6.07, 6.45) is 10.0. The van der Waals surface area contributed by atoms with E-state index < -0.39 is 0 Å². The summed E-state index contributed by atoms with van der Waals surface area (Å²) >= 11 is 1.30. The third-order valence-electron chi connectivity index (χ3n) is 10.1. The predicted molar refractivity (Wildman–Crippen MR) is 259 cm³/mol. The van der Waals surface area contributed by atoms with Gasteiger partial charge in [-0.1, -0.05) is 165 Å². The Kier molecular flexibility index (Phi) is 22.1. The van der Waals surface area contributed by atoms with E-state index in [1.807, 2.05) is 48.5 Å². The van der Waals surface area contributed by atoms with Gasteiger partial charge < -0.3 is 0 Å². The Morgan fingerprint density at radius 3 is 1.31 bits per heavy atom. The van der Waals surface area contributed by atoms with Gasteiger partial charge in [0.25, 0.3) is 0 Å². The molecular weight excluding hydrogens is 823 g/mol. The van der Waals surface area contributed by atoms with Gasteiger partial charge in [0.1, 0.15) is 0 Å². The number of hydrogen-bond donors (Lipinski definition) is 0. The molecule has 58 heavy (non-hydrogen) atoms. The predicted octanol–water partition coefficient (Wildman–Crippen LogP) is 16.0. The Morgan fingerprint density at radius 2 is 1.00 bits per heavy atom. The molecule has 0 fully saturated rings. The van der Waals surface area contributed by atoms with Crippen molar-refractivity contribution in [1.82, 2.24) is 0 Å². The van der Waals surface area contributed by atoms with Crippen LogP contribution in [0.2, 0.25) is 0 Å². The molecule has 0 N–H and O–H groups in total. The summed E-state index contributed by atoms with van der Waals surface area (Å²) in [5, 5.41) is 0. The molecule has 4 aromatic carbocycles. The second-order valence-corrected chi connectivity index (χ2v) is 20.5. The first-order valence-corrected chi connectivity index (χ1v) is 22.3. The fraction of sp³-hybridized carbons (Fsp3) is 0.473. The van der Waals surface area contributed by atoms with Crippen LogP contribution in [-0.4, -0.2) is 4.21 Å². The van der Waals surface area contributed by atoms with Gasteiger partial charge >= 0.3 is 28.4 Å². The number of allylic oxidation sites excluding steroid dienone is 4. The summed E-state index contributed by atoms with van der Waals surface area (Å²) in [4.78, 5) is 0. The van der Waals surface area contributed by atoms with Gasteiger partial charge in [-0.3, -0.25) is 6.08 Å². The minimum absolute atomic E-state index is 0. The van der Waals surface area contributed by atoms with Crippen molar-refractivity contribution in [3.05, 3.63) is 153 Å². The quantitative estimate of drug-likeness (QED) is 0.147. The van der Waals surface area contributed by atoms with Crippen molar-refractivity contribution in [2.45, 2.75) is 159 Å². The Labute approximate surface area is 385 Å². The molecule has 2 aliphatic rings. The van der Waals surface area contributed by atoms with Crippen LogP contribution in [0.3, 0.4) is 0 Å². The van der Waals surface area contributed by atoms with Gasteiger partial charge in [0.15, 0.2) is 0 Å². The van der Waals surface area contributed by atoms with Gasteiger partial charge in [0.2, 0.25) is 0 Å². The van der Waals surface area contributed by atoms with Gasteiger partial charge in [-0.05, 0) is 39.4 Å². The van der Waals surface area contributed by atoms with E-state index in [4.69, 9.17) is 0 Å². The normalized spacial score (nSPS) is 14.1. The molecule has 4 aromatic rings. The van der Waals surface area contributed by atoms with Crippen LogP contribution in [0.5, 0.6) is 0 Å². The topological polar surface area (TPSA) is 0 Å². The Balaban J connectivity index is 0.000000909. The van der Waals surface area contributed by atoms with Crippen molar-refractivity contribution in [3.8, 4) is 11.1 Å². The first kappa shape index (κ1) is 55.7. The SMILES string of the molecule is CC(C)(C)c1[c-]c2c(cc1C(C)(C)C)-c1cc(C(C)(C)C)c(C(C)(C)C)cc1C2.CCC1[C-]=CC(C(C)(C)C)=C1.Cc1cc[c-]cc1.Cc1cc[c-]cc1.Cl.Cl.[CH2]=[Zr]. The third kappa shape index (κ3) is 16.6. The Morgan fingerprint density at radius 1 is 0.586 bits per heavy atom. The van der Waals surface area contributed by atoms with Crippen molar-refractivity contribution >= 4 is 29.0 Å². The van der Waals surface area contributed by atoms with Crippen LogP contribution in [0.4, 0.5) is 0 Å². The molecular formula is C55H76Cl2Zr-4. The zero-order valence-corrected chi connectivity index (χ0v) is 43.6. The fourth-order valence-electron chi connectivity index (χ4n) is 6.78. The fourth-order valence-corrected chi connectivity index (χ4v) is 6.78. The van der Waals surface area contributed by atoms with Gasteiger partial charge in [0.05, 0.1) is 0 Å². The maximum atomic E-state index is 3.90. The zero-order valence-electron chi connectivity index (χ0n) is 39.5. The van der Waals surface area contributed by atoms with E-state index in [0.717, 1.165) is 6.42 Å². The molecule has 0 amide bonds. The Hall–Kier alpha value is -2.31. The van der Waals surface area contributed by atoms with Crippen molar-refractivity contribution < 1.29 is 24.2 Å². The van der Waals surface area contributed by atoms with E-state index >= 15 is 0 Å². The average Bonchev–Trinajstić information content (AvgIpc) is 3.73. The molecule has 0 aliphatic heterocycles. The molecule has 0 spiro atoms. The molecule has 0 saturated carbocycles. The number of fused-ring (bicyclic) bond motifs is 3. The monoisotopic (exact) mass is 896 g/mol. The van der Waals surface area contributed by atoms with E-state index in [2.05, 4.69) is 183 Å². The molecule has 0 nitrogen and oxygen atoms in total. The summed E-state index contributed by atoms with van der Waals surface area (Å²) in [7, 11) is 0. The molecule has 0 saturated heterocycles. The first-order valence-electron chi connectivity index (χ1n) is 20.5. The van der Waals surface area contributed by atoms with E-state index in [-0.39, 0.29) is 46.5 Å². The standard InChI is InChI=1S/C29H41.C11H17.2C7H7.CH2.2ClH.Zr/c1-26(2,3)22-14-18-13-19-15-23(27(4,5)6)25(29(10,11)12)17-21(19)20(18)16-24(22)28(7,8)9;1-5-9-6-7-10(8-9)11(2,3)4;2*1-7-5-3-2-4-6-7;;;;/h14,16-17H,13H2,1-12H3;7-9H,5H2,1-4H3;2*3-6H,1H3;1H2;2*1H;/q4*-1;;;;. The van der Waals surface area contributed by atoms with Gasteiger partial charge in [-0.25, -0.2) is 6.08 Å². The second-order valence-electron chi connectivity index (χ2n) is 20.5. The van der Waals surface area contributed by atoms with Crippen LogP contribution < -0.4 is 0 Å². The number of benzene rings is 4. The summed E-state index contributed by atoms with van der Waals surface area (Å²) < 4.78 is 3.34. The summed E-state index contributed by atoms with van der Waals surface area (Å²) in [6, 6.07) is 33.0. The number of halogens is 2. The molecule has 6 rings (SSSR count). The molecule has 1 unspecified atom stereocenters. The van der Waals surface area contributed by atoms with Crippen LogP contribution in [-0.2, 0) is 52.3 Å². The van der Waals surface area contributed by atoms with E-state index in [9.17, 15) is 0 Å². The molecule has 1 atom stereocenters. The van der Waals surface area contributed by atoms with Gasteiger partial charge in [-0.15, -0.1) is 41.5 Å². The zero-order chi connectivity index (χ0) is 42.9. The maximum absolute atomic E-state index is 3.90. The van der Waals surface area contributed by atoms with Crippen LogP contribution in [0.1, 0.15) is 162 Å². The van der Waals surface area contributed by atoms with Crippen molar-refractivity contribution in [2.24, 2.45) is 11.3 Å². The second kappa shape index (κ2) is 23.1. The number of hydrogen-bond acceptors (Lipinski definition) is 0. The summed E-state index contributed by atoms with van der Waals surface area (Å²) in [5.74, 6) is 0.573. The molecule has 0 radical (unpaired) electrons. The molecule has 0 bridgehead atoms. The summed E-state index contributed by atoms with van der Waals surface area (Å²) in [6.45, 7) is 41.1. The first-order chi connectivity index (χ1) is 25.7. The van der Waals surface area contributed by atoms with Crippen LogP contribution in [0.25, 0.3) is 11.1 Å². The minimum atomic E-state index is 0. The number of rotatable bonds is 1. The number of aryl methyl sites for hydroxylation is 2. The van der Waals surface area contributed by atoms with E-state index in [1.165, 1.54) is 91.9 Å². The van der Waals surface area contributed by atoms with Crippen LogP contribution in [0.15, 0.2) is 84.5 Å². The molecule has 3 heteroatoms. The molecule has 318 valence electrons. The van der Waals surface area contributed by atoms with Gasteiger partial charge in [-0.2, -0.15) is 101 Å². The van der Waals surface area contributed by atoms with Crippen molar-refractivity contribution in [2.75, 3.05) is 0 Å². The molecule has 0 aromatic heterocycles. The molecule has 0 heterocycles. The van der Waals surface area contributed by atoms with E-state index in [1.54, 1.807) is 0 Å². The third-order valence-corrected chi connectivity index (χ3v) is 10.1.